The molecule has 0 N–H and O–H groups in total. The van der Waals surface area contributed by atoms with Crippen molar-refractivity contribution in [1.82, 2.24) is 0 Å². The third-order valence-electron chi connectivity index (χ3n) is 4.84. The predicted octanol–water partition coefficient (Wildman–Crippen LogP) is 2.26. The summed E-state index contributed by atoms with van der Waals surface area (Å²) in [6.07, 6.45) is 0. The van der Waals surface area contributed by atoms with Crippen LogP contribution in [0.5, 0.6) is 5.75 Å². The smallest absolute Gasteiger partial charge is 0.355 e. The van der Waals surface area contributed by atoms with E-state index in [1.807, 2.05) is 0 Å². The molecule has 4 rings (SSSR count). The summed E-state index contributed by atoms with van der Waals surface area (Å²) in [6.45, 7) is 0. The van der Waals surface area contributed by atoms with Crippen LogP contribution >= 0.6 is 11.6 Å². The largest absolute Gasteiger partial charge is 0.495 e. The van der Waals surface area contributed by atoms with Crippen LogP contribution in [0.25, 0.3) is 0 Å². The highest BCUT2D eigenvalue weighted by atomic mass is 35.5. The number of hydrazone groups is 1. The quantitative estimate of drug-likeness (QED) is 0.564. The SMILES string of the molecule is COC(=O)C1=NN(c2cccc(Cl)c2)[C@H]2C(=O)N(c3ccccc3OC)C(=O)[C@H]12. The highest BCUT2D eigenvalue weighted by Gasteiger charge is 2.59. The average Bonchev–Trinajstić information content (AvgIpc) is 3.24. The zero-order valence-electron chi connectivity index (χ0n) is 15.5. The van der Waals surface area contributed by atoms with Crippen LogP contribution < -0.4 is 14.6 Å². The fraction of sp³-hybridized carbons (Fsp3) is 0.200. The number of hydrogen-bond acceptors (Lipinski definition) is 7. The zero-order valence-corrected chi connectivity index (χ0v) is 16.3. The lowest BCUT2D eigenvalue weighted by Crippen LogP contribution is -2.39. The van der Waals surface area contributed by atoms with E-state index in [1.54, 1.807) is 48.5 Å². The molecule has 2 aliphatic heterocycles. The number of carbonyl (C=O) groups is 3. The van der Waals surface area contributed by atoms with E-state index in [0.29, 0.717) is 22.1 Å². The van der Waals surface area contributed by atoms with Gasteiger partial charge in [-0.15, -0.1) is 0 Å². The molecule has 0 aliphatic carbocycles. The molecular weight excluding hydrogens is 398 g/mol. The molecule has 2 amide bonds. The van der Waals surface area contributed by atoms with E-state index in [-0.39, 0.29) is 5.71 Å². The van der Waals surface area contributed by atoms with Crippen molar-refractivity contribution in [1.29, 1.82) is 0 Å². The van der Waals surface area contributed by atoms with Crippen molar-refractivity contribution in [2.75, 3.05) is 24.1 Å². The van der Waals surface area contributed by atoms with Crippen LogP contribution in [0.15, 0.2) is 53.6 Å². The van der Waals surface area contributed by atoms with Crippen molar-refractivity contribution in [3.63, 3.8) is 0 Å². The normalized spacial score (nSPS) is 20.6. The highest BCUT2D eigenvalue weighted by Crippen LogP contribution is 2.40. The number of halogens is 1. The molecule has 2 heterocycles. The minimum absolute atomic E-state index is 0.131. The third-order valence-corrected chi connectivity index (χ3v) is 5.08. The molecule has 0 unspecified atom stereocenters. The van der Waals surface area contributed by atoms with E-state index < -0.39 is 29.7 Å². The summed E-state index contributed by atoms with van der Waals surface area (Å²) in [5.74, 6) is -2.60. The number of nitrogens with zero attached hydrogens (tertiary/aromatic N) is 3. The van der Waals surface area contributed by atoms with Gasteiger partial charge in [-0.05, 0) is 30.3 Å². The minimum Gasteiger partial charge on any atom is -0.495 e. The first-order valence-electron chi connectivity index (χ1n) is 8.70. The summed E-state index contributed by atoms with van der Waals surface area (Å²) in [5.41, 5.74) is 0.650. The van der Waals surface area contributed by atoms with E-state index in [2.05, 4.69) is 5.10 Å². The van der Waals surface area contributed by atoms with Gasteiger partial charge in [-0.3, -0.25) is 14.6 Å². The lowest BCUT2D eigenvalue weighted by atomic mass is 9.98. The summed E-state index contributed by atoms with van der Waals surface area (Å²) in [7, 11) is 2.64. The monoisotopic (exact) mass is 413 g/mol. The Hall–Kier alpha value is -3.39. The molecular formula is C20H16ClN3O5. The lowest BCUT2D eigenvalue weighted by Gasteiger charge is -2.23. The first-order valence-corrected chi connectivity index (χ1v) is 9.08. The van der Waals surface area contributed by atoms with Crippen LogP contribution in [0.3, 0.4) is 0 Å². The maximum atomic E-state index is 13.3. The molecule has 2 aromatic rings. The topological polar surface area (TPSA) is 88.5 Å². The second-order valence-electron chi connectivity index (χ2n) is 6.41. The van der Waals surface area contributed by atoms with E-state index in [9.17, 15) is 14.4 Å². The van der Waals surface area contributed by atoms with Crippen LogP contribution in [0.1, 0.15) is 0 Å². The first-order chi connectivity index (χ1) is 14.0. The Morgan fingerprint density at radius 1 is 1.07 bits per heavy atom. The van der Waals surface area contributed by atoms with E-state index in [1.165, 1.54) is 19.2 Å². The Balaban J connectivity index is 1.83. The maximum absolute atomic E-state index is 13.3. The van der Waals surface area contributed by atoms with Crippen molar-refractivity contribution in [3.05, 3.63) is 53.6 Å². The Kier molecular flexibility index (Phi) is 4.71. The number of ether oxygens (including phenoxy) is 2. The summed E-state index contributed by atoms with van der Waals surface area (Å²) in [6, 6.07) is 12.3. The predicted molar refractivity (Wildman–Crippen MR) is 106 cm³/mol. The second-order valence-corrected chi connectivity index (χ2v) is 6.84. The van der Waals surface area contributed by atoms with Crippen LogP contribution in [0.4, 0.5) is 11.4 Å². The number of anilines is 2. The van der Waals surface area contributed by atoms with E-state index in [0.717, 1.165) is 4.90 Å². The highest BCUT2D eigenvalue weighted by molar-refractivity contribution is 6.47. The number of hydrogen-bond donors (Lipinski definition) is 0. The molecule has 0 radical (unpaired) electrons. The molecule has 0 spiro atoms. The molecule has 2 aromatic carbocycles. The van der Waals surface area contributed by atoms with Gasteiger partial charge in [0.05, 0.1) is 25.6 Å². The molecule has 9 heteroatoms. The summed E-state index contributed by atoms with van der Waals surface area (Å²) in [4.78, 5) is 39.9. The number of esters is 1. The third kappa shape index (κ3) is 2.92. The number of carbonyl (C=O) groups excluding carboxylic acids is 3. The van der Waals surface area contributed by atoms with E-state index in [4.69, 9.17) is 21.1 Å². The maximum Gasteiger partial charge on any atom is 0.355 e. The number of rotatable bonds is 4. The van der Waals surface area contributed by atoms with Gasteiger partial charge in [-0.2, -0.15) is 5.10 Å². The Morgan fingerprint density at radius 3 is 2.52 bits per heavy atom. The Bertz CT molecular complexity index is 1050. The van der Waals surface area contributed by atoms with Crippen molar-refractivity contribution in [2.24, 2.45) is 11.0 Å². The molecule has 8 nitrogen and oxygen atoms in total. The molecule has 2 aliphatic rings. The van der Waals surface area contributed by atoms with Gasteiger partial charge >= 0.3 is 5.97 Å². The van der Waals surface area contributed by atoms with Crippen molar-refractivity contribution < 1.29 is 23.9 Å². The lowest BCUT2D eigenvalue weighted by molar-refractivity contribution is -0.133. The Morgan fingerprint density at radius 2 is 1.83 bits per heavy atom. The van der Waals surface area contributed by atoms with E-state index >= 15 is 0 Å². The summed E-state index contributed by atoms with van der Waals surface area (Å²) >= 11 is 6.08. The van der Waals surface area contributed by atoms with Crippen molar-refractivity contribution in [3.8, 4) is 5.75 Å². The van der Waals surface area contributed by atoms with Gasteiger partial charge < -0.3 is 9.47 Å². The molecule has 29 heavy (non-hydrogen) atoms. The van der Waals surface area contributed by atoms with Crippen LogP contribution in [-0.4, -0.2) is 43.8 Å². The number of fused-ring (bicyclic) bond motifs is 1. The average molecular weight is 414 g/mol. The van der Waals surface area contributed by atoms with Gasteiger partial charge in [0, 0.05) is 5.02 Å². The van der Waals surface area contributed by atoms with Gasteiger partial charge in [0.15, 0.2) is 5.71 Å². The number of methoxy groups -OCH3 is 2. The second kappa shape index (κ2) is 7.21. The molecule has 0 aromatic heterocycles. The van der Waals surface area contributed by atoms with Gasteiger partial charge in [0.1, 0.15) is 17.7 Å². The molecule has 0 saturated carbocycles. The number of imide groups is 1. The van der Waals surface area contributed by atoms with Gasteiger partial charge in [0.25, 0.3) is 5.91 Å². The number of para-hydroxylation sites is 2. The molecule has 0 bridgehead atoms. The van der Waals surface area contributed by atoms with Crippen LogP contribution in [0, 0.1) is 5.92 Å². The molecule has 148 valence electrons. The van der Waals surface area contributed by atoms with Gasteiger partial charge in [0.2, 0.25) is 5.91 Å². The van der Waals surface area contributed by atoms with Crippen LogP contribution in [-0.2, 0) is 19.1 Å². The minimum atomic E-state index is -1.10. The summed E-state index contributed by atoms with van der Waals surface area (Å²) in [5, 5.41) is 6.02. The fourth-order valence-corrected chi connectivity index (χ4v) is 3.76. The standard InChI is InChI=1S/C20H16ClN3O5/c1-28-14-9-4-3-8-13(14)23-18(25)15-16(20(27)29-2)22-24(17(15)19(23)26)12-7-5-6-11(21)10-12/h3-10,15,17H,1-2H3/t15-,17-/m1/s1. The van der Waals surface area contributed by atoms with Gasteiger partial charge in [-0.25, -0.2) is 9.69 Å². The molecule has 1 fully saturated rings. The molecule has 2 atom stereocenters. The Labute approximate surface area is 171 Å². The van der Waals surface area contributed by atoms with Crippen LogP contribution in [0.2, 0.25) is 5.02 Å². The zero-order chi connectivity index (χ0) is 20.7. The number of benzene rings is 2. The molecule has 1 saturated heterocycles. The van der Waals surface area contributed by atoms with Gasteiger partial charge in [-0.1, -0.05) is 29.8 Å². The first kappa shape index (κ1) is 18.9. The number of amides is 2. The summed E-state index contributed by atoms with van der Waals surface area (Å²) < 4.78 is 10.1. The van der Waals surface area contributed by atoms with Crippen molar-refractivity contribution in [2.45, 2.75) is 6.04 Å². The fourth-order valence-electron chi connectivity index (χ4n) is 3.57. The van der Waals surface area contributed by atoms with Crippen molar-refractivity contribution >= 4 is 46.5 Å².